The zero-order chi connectivity index (χ0) is 56.3. The lowest BCUT2D eigenvalue weighted by atomic mass is 9.98. The second-order valence-corrected chi connectivity index (χ2v) is 22.9. The molecule has 0 spiro atoms. The van der Waals surface area contributed by atoms with E-state index in [0.29, 0.717) is 46.6 Å². The van der Waals surface area contributed by atoms with Gasteiger partial charge in [-0.15, -0.1) is 0 Å². The minimum Gasteiger partial charge on any atom is -0.491 e. The molecule has 2 fully saturated rings. The normalized spacial score (nSPS) is 16.8. The topological polar surface area (TPSA) is 147 Å². The molecule has 16 nitrogen and oxygen atoms in total. The molecule has 0 aliphatic carbocycles. The maximum Gasteiger partial charge on any atom is 0.350 e. The highest BCUT2D eigenvalue weighted by Gasteiger charge is 2.46. The number of fused-ring (bicyclic) bond motifs is 1. The molecule has 5 aromatic carbocycles. The van der Waals surface area contributed by atoms with Crippen molar-refractivity contribution >= 4 is 96.5 Å². The number of aryl methyl sites for hydroxylation is 1. The van der Waals surface area contributed by atoms with Gasteiger partial charge in [0.15, 0.2) is 5.78 Å². The number of hydrogen-bond acceptors (Lipinski definition) is 13. The van der Waals surface area contributed by atoms with E-state index in [2.05, 4.69) is 120 Å². The van der Waals surface area contributed by atoms with E-state index in [1.807, 2.05) is 80.6 Å². The molecule has 422 valence electrons. The van der Waals surface area contributed by atoms with Gasteiger partial charge in [-0.1, -0.05) is 81.6 Å². The molecule has 8 aromatic rings. The third-order valence-electron chi connectivity index (χ3n) is 14.6. The number of halogens is 4. The van der Waals surface area contributed by atoms with Crippen LogP contribution in [0.5, 0.6) is 11.5 Å². The number of ketones is 1. The highest BCUT2D eigenvalue weighted by molar-refractivity contribution is 14.1. The van der Waals surface area contributed by atoms with Crippen molar-refractivity contribution in [1.82, 2.24) is 34.0 Å². The summed E-state index contributed by atoms with van der Waals surface area (Å²) in [5, 5.41) is 10.4. The summed E-state index contributed by atoms with van der Waals surface area (Å²) in [5.41, 5.74) is 5.79. The number of carbonyl (C=O) groups is 1. The van der Waals surface area contributed by atoms with Crippen LogP contribution in [-0.2, 0) is 28.2 Å². The van der Waals surface area contributed by atoms with Crippen LogP contribution in [0.1, 0.15) is 87.2 Å². The van der Waals surface area contributed by atoms with E-state index < -0.39 is 5.79 Å². The molecule has 10 rings (SSSR count). The molecule has 2 aliphatic heterocycles. The first-order chi connectivity index (χ1) is 38.8. The quantitative estimate of drug-likeness (QED) is 0.0469. The number of anilines is 2. The number of para-hydroxylation sites is 1. The van der Waals surface area contributed by atoms with Crippen molar-refractivity contribution in [2.45, 2.75) is 84.8 Å². The zero-order valence-electron chi connectivity index (χ0n) is 45.7. The van der Waals surface area contributed by atoms with E-state index >= 15 is 0 Å². The van der Waals surface area contributed by atoms with Crippen molar-refractivity contribution in [1.29, 1.82) is 0 Å². The SMILES string of the molecule is CCC(C)n1ncn(-c2ccc(N3CCN(c4ccc(OCC5COC(Cn6cncn6)(c6ccc(Cl)cc6Cl)O5)cc4)CC3)cc2)c1=O.CCCCc1oc2ccccc2c1C(=O)c1cc(I)c(OCCN(CC)CC)c(I)c1. The van der Waals surface area contributed by atoms with E-state index in [1.165, 1.54) is 11.0 Å². The predicted molar refractivity (Wildman–Crippen MR) is 332 cm³/mol. The summed E-state index contributed by atoms with van der Waals surface area (Å²) in [4.78, 5) is 37.5. The van der Waals surface area contributed by atoms with Crippen molar-refractivity contribution in [2.24, 2.45) is 0 Å². The number of aromatic nitrogens is 6. The van der Waals surface area contributed by atoms with Crippen LogP contribution in [0.25, 0.3) is 16.7 Å². The van der Waals surface area contributed by atoms with Crippen LogP contribution >= 0.6 is 68.4 Å². The minimum atomic E-state index is -1.16. The van der Waals surface area contributed by atoms with Gasteiger partial charge in [-0.25, -0.2) is 23.7 Å². The molecular formula is C60H67Cl2I2N9O7. The predicted octanol–water partition coefficient (Wildman–Crippen LogP) is 12.5. The van der Waals surface area contributed by atoms with Crippen molar-refractivity contribution in [3.8, 4) is 17.2 Å². The Morgan fingerprint density at radius 3 is 2.15 bits per heavy atom. The Morgan fingerprint density at radius 1 is 0.838 bits per heavy atom. The van der Waals surface area contributed by atoms with Gasteiger partial charge >= 0.3 is 5.69 Å². The number of nitrogens with zero attached hydrogens (tertiary/aromatic N) is 9. The number of furan rings is 1. The number of piperazine rings is 1. The molecule has 5 heterocycles. The molecule has 0 radical (unpaired) electrons. The summed E-state index contributed by atoms with van der Waals surface area (Å²) in [7, 11) is 0. The van der Waals surface area contributed by atoms with Crippen molar-refractivity contribution in [2.75, 3.05) is 75.4 Å². The van der Waals surface area contributed by atoms with Crippen molar-refractivity contribution < 1.29 is 28.2 Å². The van der Waals surface area contributed by atoms with Crippen LogP contribution in [-0.4, -0.2) is 112 Å². The molecule has 3 atom stereocenters. The average molecular weight is 1350 g/mol. The van der Waals surface area contributed by atoms with Gasteiger partial charge in [0.1, 0.15) is 67.7 Å². The van der Waals surface area contributed by atoms with E-state index in [4.69, 9.17) is 46.6 Å². The molecule has 80 heavy (non-hydrogen) atoms. The monoisotopic (exact) mass is 1350 g/mol. The molecule has 20 heteroatoms. The smallest absolute Gasteiger partial charge is 0.350 e. The highest BCUT2D eigenvalue weighted by Crippen LogP contribution is 2.41. The second kappa shape index (κ2) is 27.5. The van der Waals surface area contributed by atoms with Crippen LogP contribution < -0.4 is 25.0 Å². The fraction of sp³-hybridized carbons (Fsp3) is 0.383. The molecule has 0 bridgehead atoms. The van der Waals surface area contributed by atoms with Gasteiger partial charge in [0.25, 0.3) is 0 Å². The summed E-state index contributed by atoms with van der Waals surface area (Å²) in [5.74, 6) is 1.25. The van der Waals surface area contributed by atoms with Crippen molar-refractivity contribution in [3.05, 3.63) is 172 Å². The number of carbonyl (C=O) groups excluding carboxylic acids is 1. The number of rotatable bonds is 22. The summed E-state index contributed by atoms with van der Waals surface area (Å²) >= 11 is 17.3. The number of benzene rings is 5. The van der Waals surface area contributed by atoms with Crippen LogP contribution in [0.4, 0.5) is 11.4 Å². The molecule has 0 saturated carbocycles. The number of unbranched alkanes of at least 4 members (excludes halogenated alkanes) is 1. The van der Waals surface area contributed by atoms with Gasteiger partial charge in [0.2, 0.25) is 5.79 Å². The third kappa shape index (κ3) is 13.9. The van der Waals surface area contributed by atoms with Crippen LogP contribution in [0, 0.1) is 7.14 Å². The van der Waals surface area contributed by atoms with E-state index in [-0.39, 0.29) is 30.2 Å². The Kier molecular flexibility index (Phi) is 20.3. The van der Waals surface area contributed by atoms with Crippen LogP contribution in [0.3, 0.4) is 0 Å². The zero-order valence-corrected chi connectivity index (χ0v) is 51.5. The maximum absolute atomic E-state index is 13.6. The van der Waals surface area contributed by atoms with Gasteiger partial charge in [-0.05, 0) is 157 Å². The molecule has 3 unspecified atom stereocenters. The second-order valence-electron chi connectivity index (χ2n) is 19.8. The summed E-state index contributed by atoms with van der Waals surface area (Å²) < 4.78 is 37.7. The van der Waals surface area contributed by atoms with Crippen LogP contribution in [0.2, 0.25) is 10.0 Å². The first-order valence-electron chi connectivity index (χ1n) is 27.3. The van der Waals surface area contributed by atoms with E-state index in [0.717, 1.165) is 124 Å². The Bertz CT molecular complexity index is 3360. The third-order valence-corrected chi connectivity index (χ3v) is 16.8. The maximum atomic E-state index is 13.6. The summed E-state index contributed by atoms with van der Waals surface area (Å²) in [6.07, 6.45) is 8.01. The van der Waals surface area contributed by atoms with E-state index in [1.54, 1.807) is 34.0 Å². The molecule has 2 saturated heterocycles. The first-order valence-corrected chi connectivity index (χ1v) is 30.2. The largest absolute Gasteiger partial charge is 0.491 e. The fourth-order valence-electron chi connectivity index (χ4n) is 9.89. The summed E-state index contributed by atoms with van der Waals surface area (Å²) in [6.45, 7) is 18.5. The lowest BCUT2D eigenvalue weighted by molar-refractivity contribution is -0.190. The standard InChI is InChI=1S/C35H38Cl2N8O4.C25H29I2NO3/c1-3-25(2)45-34(46)44(24-40-45)29-7-5-27(6-8-29)41-14-16-42(17-15-41)28-9-11-30(12-10-28)47-19-31-20-48-35(49-31,21-43-23-38-22-39-43)32-13-4-26(36)18-33(32)37;1-4-7-11-22-23(18-10-8-9-12-21(18)31-22)24(29)17-15-19(26)25(20(27)16-17)30-14-13-28(5-2)6-3/h4-13,18,22-25,31H,3,14-17,19-21H2,1-2H3;8-10,12,15-16H,4-7,11,13-14H2,1-3H3. The summed E-state index contributed by atoms with van der Waals surface area (Å²) in [6, 6.07) is 33.3. The van der Waals surface area contributed by atoms with Gasteiger partial charge < -0.3 is 38.1 Å². The number of ether oxygens (including phenoxy) is 4. The molecule has 2 aliphatic rings. The molecule has 3 aromatic heterocycles. The van der Waals surface area contributed by atoms with Gasteiger partial charge in [0, 0.05) is 72.1 Å². The number of hydrogen-bond donors (Lipinski definition) is 0. The molecule has 0 amide bonds. The first kappa shape index (κ1) is 59.1. The Morgan fingerprint density at radius 2 is 1.51 bits per heavy atom. The van der Waals surface area contributed by atoms with Gasteiger partial charge in [-0.2, -0.15) is 10.2 Å². The highest BCUT2D eigenvalue weighted by atomic mass is 127. The Labute approximate surface area is 504 Å². The molecule has 0 N–H and O–H groups in total. The Hall–Kier alpha value is -5.49. The fourth-order valence-corrected chi connectivity index (χ4v) is 12.5. The van der Waals surface area contributed by atoms with Crippen LogP contribution in [0.15, 0.2) is 131 Å². The minimum absolute atomic E-state index is 0.0153. The van der Waals surface area contributed by atoms with E-state index in [9.17, 15) is 9.59 Å². The average Bonchev–Trinajstić information content (AvgIpc) is 4.31. The lowest BCUT2D eigenvalue weighted by Gasteiger charge is -2.37. The Balaban J connectivity index is 0.000000215. The number of likely N-dealkylation sites (N-methyl/N-ethyl adjacent to an activating group) is 1. The van der Waals surface area contributed by atoms with Crippen molar-refractivity contribution in [3.63, 3.8) is 0 Å². The molecular weight excluding hydrogens is 1280 g/mol. The van der Waals surface area contributed by atoms with Gasteiger partial charge in [0.05, 0.1) is 36.1 Å². The van der Waals surface area contributed by atoms with Gasteiger partial charge in [-0.3, -0.25) is 4.79 Å². The lowest BCUT2D eigenvalue weighted by Crippen LogP contribution is -2.46.